The summed E-state index contributed by atoms with van der Waals surface area (Å²) in [6, 6.07) is 5.93. The molecule has 1 aromatic heterocycles. The first-order chi connectivity index (χ1) is 9.43. The summed E-state index contributed by atoms with van der Waals surface area (Å²) in [5.41, 5.74) is 12.5. The van der Waals surface area contributed by atoms with Crippen molar-refractivity contribution in [1.82, 2.24) is 10.2 Å². The van der Waals surface area contributed by atoms with Crippen molar-refractivity contribution in [3.8, 4) is 5.75 Å². The Kier molecular flexibility index (Phi) is 4.04. The van der Waals surface area contributed by atoms with Crippen LogP contribution in [0.4, 0.5) is 0 Å². The third-order valence-corrected chi connectivity index (χ3v) is 3.59. The van der Waals surface area contributed by atoms with Gasteiger partial charge in [-0.2, -0.15) is 10.2 Å². The molecule has 0 saturated carbocycles. The molecule has 4 nitrogen and oxygen atoms in total. The molecule has 2 rings (SSSR count). The first-order valence-corrected chi connectivity index (χ1v) is 6.65. The third kappa shape index (κ3) is 2.65. The molecule has 106 valence electrons. The Hall–Kier alpha value is -1.94. The molecular weight excluding hydrogens is 250 g/mol. The summed E-state index contributed by atoms with van der Waals surface area (Å²) < 4.78 is 5.35. The fraction of sp³-hybridized carbons (Fsp3) is 0.375. The third-order valence-electron chi connectivity index (χ3n) is 3.59. The monoisotopic (exact) mass is 271 g/mol. The molecule has 0 spiro atoms. The number of nitrogens with two attached hydrogens (primary N) is 1. The molecule has 20 heavy (non-hydrogen) atoms. The molecular formula is C16H21N3O. The van der Waals surface area contributed by atoms with Crippen molar-refractivity contribution in [3.05, 3.63) is 51.8 Å². The summed E-state index contributed by atoms with van der Waals surface area (Å²) in [5.74, 6) is 0.888. The van der Waals surface area contributed by atoms with Gasteiger partial charge in [0.2, 0.25) is 0 Å². The molecule has 4 heteroatoms. The van der Waals surface area contributed by atoms with E-state index in [1.54, 1.807) is 7.11 Å². The summed E-state index contributed by atoms with van der Waals surface area (Å²) in [6.45, 7) is 7.94. The van der Waals surface area contributed by atoms with E-state index in [2.05, 4.69) is 16.3 Å². The molecule has 0 amide bonds. The molecule has 0 saturated heterocycles. The van der Waals surface area contributed by atoms with Gasteiger partial charge < -0.3 is 10.5 Å². The van der Waals surface area contributed by atoms with Crippen molar-refractivity contribution in [2.75, 3.05) is 7.11 Å². The molecule has 0 aliphatic carbocycles. The summed E-state index contributed by atoms with van der Waals surface area (Å²) in [5, 5.41) is 8.21. The average molecular weight is 271 g/mol. The maximum atomic E-state index is 6.44. The molecule has 0 aliphatic rings. The number of hydrogen-bond acceptors (Lipinski definition) is 4. The number of methoxy groups -OCH3 is 1. The van der Waals surface area contributed by atoms with Crippen molar-refractivity contribution in [1.29, 1.82) is 0 Å². The highest BCUT2D eigenvalue weighted by atomic mass is 16.5. The van der Waals surface area contributed by atoms with Gasteiger partial charge in [-0.15, -0.1) is 0 Å². The second kappa shape index (κ2) is 5.59. The van der Waals surface area contributed by atoms with Gasteiger partial charge in [-0.3, -0.25) is 0 Å². The van der Waals surface area contributed by atoms with E-state index in [0.29, 0.717) is 0 Å². The van der Waals surface area contributed by atoms with Gasteiger partial charge in [0.15, 0.2) is 0 Å². The van der Waals surface area contributed by atoms with Gasteiger partial charge in [-0.25, -0.2) is 0 Å². The van der Waals surface area contributed by atoms with E-state index in [1.807, 2.05) is 39.8 Å². The predicted octanol–water partition coefficient (Wildman–Crippen LogP) is 2.77. The van der Waals surface area contributed by atoms with Crippen LogP contribution in [0, 0.1) is 27.7 Å². The Bertz CT molecular complexity index is 638. The molecule has 0 radical (unpaired) electrons. The molecule has 0 fully saturated rings. The zero-order chi connectivity index (χ0) is 14.9. The number of ether oxygens (including phenoxy) is 1. The van der Waals surface area contributed by atoms with E-state index in [4.69, 9.17) is 10.5 Å². The smallest absolute Gasteiger partial charge is 0.122 e. The molecule has 0 aliphatic heterocycles. The number of aryl methyl sites for hydroxylation is 4. The number of rotatable bonds is 3. The summed E-state index contributed by atoms with van der Waals surface area (Å²) in [6.07, 6.45) is 0. The van der Waals surface area contributed by atoms with E-state index in [9.17, 15) is 0 Å². The van der Waals surface area contributed by atoms with Crippen molar-refractivity contribution < 1.29 is 4.74 Å². The summed E-state index contributed by atoms with van der Waals surface area (Å²) >= 11 is 0. The lowest BCUT2D eigenvalue weighted by molar-refractivity contribution is 0.411. The standard InChI is InChI=1S/C16H21N3O/c1-9-7-15(20-5)10(2)6-13(9)16(17)14-8-11(3)18-19-12(14)4/h6-8,16H,17H2,1-5H3. The lowest BCUT2D eigenvalue weighted by atomic mass is 9.93. The van der Waals surface area contributed by atoms with Gasteiger partial charge in [0.25, 0.3) is 0 Å². The zero-order valence-corrected chi connectivity index (χ0v) is 12.7. The van der Waals surface area contributed by atoms with Crippen LogP contribution in [0.1, 0.15) is 39.7 Å². The molecule has 1 unspecified atom stereocenters. The fourth-order valence-corrected chi connectivity index (χ4v) is 2.42. The number of hydrogen-bond donors (Lipinski definition) is 1. The number of aromatic nitrogens is 2. The van der Waals surface area contributed by atoms with E-state index < -0.39 is 0 Å². The summed E-state index contributed by atoms with van der Waals surface area (Å²) in [4.78, 5) is 0. The maximum Gasteiger partial charge on any atom is 0.122 e. The Morgan fingerprint density at radius 3 is 2.30 bits per heavy atom. The molecule has 1 aromatic carbocycles. The minimum absolute atomic E-state index is 0.200. The van der Waals surface area contributed by atoms with Crippen molar-refractivity contribution in [2.24, 2.45) is 5.73 Å². The van der Waals surface area contributed by atoms with Gasteiger partial charge in [0, 0.05) is 0 Å². The highest BCUT2D eigenvalue weighted by molar-refractivity contribution is 5.46. The Balaban J connectivity index is 2.50. The molecule has 1 heterocycles. The quantitative estimate of drug-likeness (QED) is 0.932. The van der Waals surface area contributed by atoms with Gasteiger partial charge in [-0.1, -0.05) is 6.07 Å². The van der Waals surface area contributed by atoms with Crippen LogP contribution in [0.25, 0.3) is 0 Å². The van der Waals surface area contributed by atoms with Crippen LogP contribution < -0.4 is 10.5 Å². The average Bonchev–Trinajstić information content (AvgIpc) is 2.42. The van der Waals surface area contributed by atoms with Crippen LogP contribution >= 0.6 is 0 Å². The Labute approximate surface area is 120 Å². The fourth-order valence-electron chi connectivity index (χ4n) is 2.42. The van der Waals surface area contributed by atoms with Crippen molar-refractivity contribution in [2.45, 2.75) is 33.7 Å². The van der Waals surface area contributed by atoms with Crippen LogP contribution in [0.5, 0.6) is 5.75 Å². The van der Waals surface area contributed by atoms with Gasteiger partial charge in [0.05, 0.1) is 24.5 Å². The predicted molar refractivity (Wildman–Crippen MR) is 80.0 cm³/mol. The van der Waals surface area contributed by atoms with Crippen molar-refractivity contribution >= 4 is 0 Å². The van der Waals surface area contributed by atoms with Crippen LogP contribution in [0.3, 0.4) is 0 Å². The van der Waals surface area contributed by atoms with Gasteiger partial charge in [-0.05, 0) is 62.1 Å². The zero-order valence-electron chi connectivity index (χ0n) is 12.7. The maximum absolute atomic E-state index is 6.44. The molecule has 2 N–H and O–H groups in total. The number of benzene rings is 1. The van der Waals surface area contributed by atoms with Gasteiger partial charge >= 0.3 is 0 Å². The Morgan fingerprint density at radius 1 is 0.950 bits per heavy atom. The highest BCUT2D eigenvalue weighted by Crippen LogP contribution is 2.29. The van der Waals surface area contributed by atoms with Crippen LogP contribution in [0.2, 0.25) is 0 Å². The first kappa shape index (κ1) is 14.5. The van der Waals surface area contributed by atoms with Crippen LogP contribution in [0.15, 0.2) is 18.2 Å². The molecule has 1 atom stereocenters. The minimum Gasteiger partial charge on any atom is -0.496 e. The normalized spacial score (nSPS) is 12.3. The molecule has 0 bridgehead atoms. The van der Waals surface area contributed by atoms with Crippen LogP contribution in [-0.4, -0.2) is 17.3 Å². The second-order valence-corrected chi connectivity index (χ2v) is 5.18. The van der Waals surface area contributed by atoms with Crippen LogP contribution in [-0.2, 0) is 0 Å². The number of nitrogens with zero attached hydrogens (tertiary/aromatic N) is 2. The van der Waals surface area contributed by atoms with E-state index in [0.717, 1.165) is 39.4 Å². The SMILES string of the molecule is COc1cc(C)c(C(N)c2cc(C)nnc2C)cc1C. The second-order valence-electron chi connectivity index (χ2n) is 5.18. The first-order valence-electron chi connectivity index (χ1n) is 6.65. The minimum atomic E-state index is -0.200. The largest absolute Gasteiger partial charge is 0.496 e. The van der Waals surface area contributed by atoms with E-state index in [1.165, 1.54) is 0 Å². The molecule has 2 aromatic rings. The van der Waals surface area contributed by atoms with E-state index in [-0.39, 0.29) is 6.04 Å². The Morgan fingerprint density at radius 2 is 1.65 bits per heavy atom. The lowest BCUT2D eigenvalue weighted by Crippen LogP contribution is -2.16. The topological polar surface area (TPSA) is 61.0 Å². The van der Waals surface area contributed by atoms with E-state index >= 15 is 0 Å². The van der Waals surface area contributed by atoms with Gasteiger partial charge in [0.1, 0.15) is 5.75 Å². The summed E-state index contributed by atoms with van der Waals surface area (Å²) in [7, 11) is 1.68. The van der Waals surface area contributed by atoms with Crippen molar-refractivity contribution in [3.63, 3.8) is 0 Å². The highest BCUT2D eigenvalue weighted by Gasteiger charge is 2.17. The lowest BCUT2D eigenvalue weighted by Gasteiger charge is -2.19.